The number of nitrogens with zero attached hydrogens (tertiary/aromatic N) is 2. The van der Waals surface area contributed by atoms with Gasteiger partial charge in [-0.1, -0.05) is 36.4 Å². The Hall–Kier alpha value is -2.49. The van der Waals surface area contributed by atoms with Gasteiger partial charge in [0.05, 0.1) is 0 Å². The summed E-state index contributed by atoms with van der Waals surface area (Å²) in [6.07, 6.45) is 2.25. The van der Waals surface area contributed by atoms with Gasteiger partial charge in [-0.25, -0.2) is 0 Å². The smallest absolute Gasteiger partial charge is 0.222 e. The van der Waals surface area contributed by atoms with Crippen molar-refractivity contribution in [3.8, 4) is 0 Å². The molecular formula is C20H25N3O. The van der Waals surface area contributed by atoms with Crippen LogP contribution < -0.4 is 10.6 Å². The highest BCUT2D eigenvalue weighted by atomic mass is 16.2. The van der Waals surface area contributed by atoms with Gasteiger partial charge in [-0.05, 0) is 36.6 Å². The largest absolute Gasteiger partial charge is 0.399 e. The molecule has 24 heavy (non-hydrogen) atoms. The number of carbonyl (C=O) groups excluding carboxylic acids is 1. The highest BCUT2D eigenvalue weighted by molar-refractivity contribution is 5.77. The lowest BCUT2D eigenvalue weighted by molar-refractivity contribution is -0.130. The summed E-state index contributed by atoms with van der Waals surface area (Å²) in [6.45, 7) is 3.52. The number of anilines is 2. The first-order chi connectivity index (χ1) is 11.7. The van der Waals surface area contributed by atoms with E-state index in [0.29, 0.717) is 12.8 Å². The monoisotopic (exact) mass is 323 g/mol. The van der Waals surface area contributed by atoms with Crippen LogP contribution in [0.3, 0.4) is 0 Å². The summed E-state index contributed by atoms with van der Waals surface area (Å²) in [6, 6.07) is 18.2. The average molecular weight is 323 g/mol. The number of nitrogen functional groups attached to an aromatic ring is 1. The molecule has 2 N–H and O–H groups in total. The molecule has 1 heterocycles. The normalized spacial score (nSPS) is 15.2. The lowest BCUT2D eigenvalue weighted by atomic mass is 10.1. The third-order valence-corrected chi connectivity index (χ3v) is 4.63. The zero-order valence-corrected chi connectivity index (χ0v) is 14.0. The minimum atomic E-state index is 0.230. The van der Waals surface area contributed by atoms with Crippen LogP contribution in [0, 0.1) is 0 Å². The summed E-state index contributed by atoms with van der Waals surface area (Å²) in [5.74, 6) is 0.230. The van der Waals surface area contributed by atoms with E-state index in [0.717, 1.165) is 43.9 Å². The molecule has 0 aromatic heterocycles. The molecule has 0 aliphatic carbocycles. The summed E-state index contributed by atoms with van der Waals surface area (Å²) < 4.78 is 0. The van der Waals surface area contributed by atoms with E-state index in [1.807, 2.05) is 35.2 Å². The standard InChI is InChI=1S/C20H25N3O/c21-19-10-5-4-7-17(19)11-12-20(24)23-14-6-13-22(15-16-23)18-8-2-1-3-9-18/h1-5,7-10H,6,11-16,21H2. The lowest BCUT2D eigenvalue weighted by Crippen LogP contribution is -2.35. The highest BCUT2D eigenvalue weighted by Gasteiger charge is 2.19. The second-order valence-corrected chi connectivity index (χ2v) is 6.26. The summed E-state index contributed by atoms with van der Waals surface area (Å²) in [4.78, 5) is 16.9. The Labute approximate surface area is 143 Å². The first kappa shape index (κ1) is 16.4. The van der Waals surface area contributed by atoms with Crippen molar-refractivity contribution in [1.82, 2.24) is 4.90 Å². The van der Waals surface area contributed by atoms with Crippen LogP contribution in [-0.4, -0.2) is 37.0 Å². The molecular weight excluding hydrogens is 298 g/mol. The van der Waals surface area contributed by atoms with Crippen molar-refractivity contribution in [2.45, 2.75) is 19.3 Å². The molecule has 4 heteroatoms. The molecule has 1 fully saturated rings. The van der Waals surface area contributed by atoms with Crippen LogP contribution in [0.4, 0.5) is 11.4 Å². The topological polar surface area (TPSA) is 49.6 Å². The minimum Gasteiger partial charge on any atom is -0.399 e. The third-order valence-electron chi connectivity index (χ3n) is 4.63. The number of hydrogen-bond donors (Lipinski definition) is 1. The Morgan fingerprint density at radius 2 is 1.67 bits per heavy atom. The molecule has 1 saturated heterocycles. The maximum Gasteiger partial charge on any atom is 0.222 e. The van der Waals surface area contributed by atoms with Crippen molar-refractivity contribution in [3.05, 3.63) is 60.2 Å². The highest BCUT2D eigenvalue weighted by Crippen LogP contribution is 2.17. The van der Waals surface area contributed by atoms with E-state index in [4.69, 9.17) is 5.73 Å². The number of benzene rings is 2. The van der Waals surface area contributed by atoms with E-state index in [1.165, 1.54) is 5.69 Å². The number of hydrogen-bond acceptors (Lipinski definition) is 3. The molecule has 4 nitrogen and oxygen atoms in total. The van der Waals surface area contributed by atoms with Crippen LogP contribution in [0.2, 0.25) is 0 Å². The van der Waals surface area contributed by atoms with Crippen molar-refractivity contribution < 1.29 is 4.79 Å². The van der Waals surface area contributed by atoms with Crippen molar-refractivity contribution in [3.63, 3.8) is 0 Å². The predicted molar refractivity (Wildman–Crippen MR) is 99.0 cm³/mol. The van der Waals surface area contributed by atoms with Crippen LogP contribution in [0.5, 0.6) is 0 Å². The Morgan fingerprint density at radius 1 is 0.917 bits per heavy atom. The van der Waals surface area contributed by atoms with Gasteiger partial charge in [0, 0.05) is 44.0 Å². The van der Waals surface area contributed by atoms with E-state index >= 15 is 0 Å². The number of amides is 1. The van der Waals surface area contributed by atoms with Gasteiger partial charge < -0.3 is 15.5 Å². The van der Waals surface area contributed by atoms with E-state index in [2.05, 4.69) is 29.2 Å². The maximum atomic E-state index is 12.5. The minimum absolute atomic E-state index is 0.230. The fraction of sp³-hybridized carbons (Fsp3) is 0.350. The molecule has 0 bridgehead atoms. The van der Waals surface area contributed by atoms with E-state index in [1.54, 1.807) is 0 Å². The zero-order chi connectivity index (χ0) is 16.8. The van der Waals surface area contributed by atoms with Gasteiger partial charge in [0.2, 0.25) is 5.91 Å². The summed E-state index contributed by atoms with van der Waals surface area (Å²) in [5, 5.41) is 0. The van der Waals surface area contributed by atoms with Crippen molar-refractivity contribution >= 4 is 17.3 Å². The van der Waals surface area contributed by atoms with Gasteiger partial charge in [-0.3, -0.25) is 4.79 Å². The first-order valence-corrected chi connectivity index (χ1v) is 8.65. The number of carbonyl (C=O) groups is 1. The Bertz CT molecular complexity index is 672. The maximum absolute atomic E-state index is 12.5. The summed E-state index contributed by atoms with van der Waals surface area (Å²) >= 11 is 0. The van der Waals surface area contributed by atoms with Gasteiger partial charge in [0.1, 0.15) is 0 Å². The van der Waals surface area contributed by atoms with Gasteiger partial charge in [0.25, 0.3) is 0 Å². The number of aryl methyl sites for hydroxylation is 1. The third kappa shape index (κ3) is 4.07. The second-order valence-electron chi connectivity index (χ2n) is 6.26. The predicted octanol–water partition coefficient (Wildman–Crippen LogP) is 2.94. The van der Waals surface area contributed by atoms with Crippen molar-refractivity contribution in [1.29, 1.82) is 0 Å². The number of rotatable bonds is 4. The van der Waals surface area contributed by atoms with Crippen LogP contribution in [0.1, 0.15) is 18.4 Å². The Balaban J connectivity index is 1.54. The molecule has 0 saturated carbocycles. The zero-order valence-electron chi connectivity index (χ0n) is 14.0. The molecule has 1 amide bonds. The number of para-hydroxylation sites is 2. The molecule has 0 unspecified atom stereocenters. The summed E-state index contributed by atoms with van der Waals surface area (Å²) in [7, 11) is 0. The van der Waals surface area contributed by atoms with Gasteiger partial charge >= 0.3 is 0 Å². The lowest BCUT2D eigenvalue weighted by Gasteiger charge is -2.23. The molecule has 2 aromatic carbocycles. The van der Waals surface area contributed by atoms with Crippen LogP contribution in [0.15, 0.2) is 54.6 Å². The van der Waals surface area contributed by atoms with Crippen molar-refractivity contribution in [2.75, 3.05) is 36.8 Å². The quantitative estimate of drug-likeness (QED) is 0.880. The molecule has 2 aromatic rings. The van der Waals surface area contributed by atoms with Crippen LogP contribution in [0.25, 0.3) is 0 Å². The van der Waals surface area contributed by atoms with Crippen LogP contribution in [-0.2, 0) is 11.2 Å². The molecule has 3 rings (SSSR count). The molecule has 0 atom stereocenters. The van der Waals surface area contributed by atoms with E-state index < -0.39 is 0 Å². The van der Waals surface area contributed by atoms with Gasteiger partial charge in [-0.15, -0.1) is 0 Å². The van der Waals surface area contributed by atoms with Crippen LogP contribution >= 0.6 is 0 Å². The van der Waals surface area contributed by atoms with Gasteiger partial charge in [0.15, 0.2) is 0 Å². The molecule has 1 aliphatic rings. The fourth-order valence-corrected chi connectivity index (χ4v) is 3.23. The first-order valence-electron chi connectivity index (χ1n) is 8.65. The SMILES string of the molecule is Nc1ccccc1CCC(=O)N1CCCN(c2ccccc2)CC1. The second kappa shape index (κ2) is 7.86. The average Bonchev–Trinajstić information content (AvgIpc) is 2.88. The molecule has 0 radical (unpaired) electrons. The summed E-state index contributed by atoms with van der Waals surface area (Å²) in [5.41, 5.74) is 9.04. The van der Waals surface area contributed by atoms with Crippen molar-refractivity contribution in [2.24, 2.45) is 0 Å². The van der Waals surface area contributed by atoms with E-state index in [9.17, 15) is 4.79 Å². The molecule has 0 spiro atoms. The Kier molecular flexibility index (Phi) is 5.36. The Morgan fingerprint density at radius 3 is 2.46 bits per heavy atom. The van der Waals surface area contributed by atoms with Gasteiger partial charge in [-0.2, -0.15) is 0 Å². The number of nitrogens with two attached hydrogens (primary N) is 1. The van der Waals surface area contributed by atoms with E-state index in [-0.39, 0.29) is 5.91 Å². The fourth-order valence-electron chi connectivity index (χ4n) is 3.23. The molecule has 126 valence electrons. The molecule has 1 aliphatic heterocycles.